The molecular weight excluding hydrogens is 346 g/mol. The third-order valence-electron chi connectivity index (χ3n) is 4.68. The van der Waals surface area contributed by atoms with E-state index in [1.165, 1.54) is 0 Å². The van der Waals surface area contributed by atoms with Gasteiger partial charge in [0, 0.05) is 12.0 Å². The Labute approximate surface area is 157 Å². The Hall–Kier alpha value is -3.15. The third-order valence-corrected chi connectivity index (χ3v) is 4.68. The molecule has 1 amide bonds. The molecule has 1 atom stereocenters. The van der Waals surface area contributed by atoms with E-state index in [9.17, 15) is 4.79 Å². The van der Waals surface area contributed by atoms with Gasteiger partial charge in [-0.25, -0.2) is 0 Å². The fourth-order valence-electron chi connectivity index (χ4n) is 3.33. The maximum atomic E-state index is 12.5. The van der Waals surface area contributed by atoms with Gasteiger partial charge in [0.1, 0.15) is 18.1 Å². The van der Waals surface area contributed by atoms with Crippen molar-refractivity contribution in [2.75, 3.05) is 7.11 Å². The van der Waals surface area contributed by atoms with Crippen LogP contribution >= 0.6 is 0 Å². The van der Waals surface area contributed by atoms with Crippen molar-refractivity contribution in [3.05, 3.63) is 71.6 Å². The summed E-state index contributed by atoms with van der Waals surface area (Å²) in [4.78, 5) is 12.5. The lowest BCUT2D eigenvalue weighted by molar-refractivity contribution is 0.0900. The van der Waals surface area contributed by atoms with Crippen molar-refractivity contribution in [1.29, 1.82) is 0 Å². The van der Waals surface area contributed by atoms with E-state index in [4.69, 9.17) is 18.3 Å². The number of para-hydroxylation sites is 2. The van der Waals surface area contributed by atoms with Crippen molar-refractivity contribution >= 4 is 5.91 Å². The molecule has 1 unspecified atom stereocenters. The van der Waals surface area contributed by atoms with Gasteiger partial charge < -0.3 is 23.6 Å². The highest BCUT2D eigenvalue weighted by atomic mass is 16.5. The summed E-state index contributed by atoms with van der Waals surface area (Å²) in [6.07, 6.45) is 4.47. The van der Waals surface area contributed by atoms with Crippen LogP contribution in [-0.4, -0.2) is 13.0 Å². The molecule has 0 spiro atoms. The van der Waals surface area contributed by atoms with Gasteiger partial charge in [0.25, 0.3) is 5.91 Å². The molecule has 0 radical (unpaired) electrons. The lowest BCUT2D eigenvalue weighted by Crippen LogP contribution is -2.30. The third kappa shape index (κ3) is 3.69. The molecule has 6 heteroatoms. The van der Waals surface area contributed by atoms with Gasteiger partial charge in [-0.05, 0) is 43.2 Å². The molecule has 1 aromatic carbocycles. The standard InChI is InChI=1S/C21H21NO5/c1-24-18-6-2-3-7-19(18)26-13-14-9-10-20(27-14)21(23)22-16-5-4-8-17-15(16)11-12-25-17/h2-3,6-7,9-12,16H,4-5,8,13H2,1H3,(H,22,23). The van der Waals surface area contributed by atoms with Crippen LogP contribution in [0.1, 0.15) is 46.5 Å². The highest BCUT2D eigenvalue weighted by molar-refractivity contribution is 5.91. The molecule has 0 fully saturated rings. The second-order valence-electron chi connectivity index (χ2n) is 6.42. The molecule has 1 N–H and O–H groups in total. The molecule has 4 rings (SSSR count). The van der Waals surface area contributed by atoms with E-state index >= 15 is 0 Å². The van der Waals surface area contributed by atoms with Gasteiger partial charge in [0.05, 0.1) is 19.4 Å². The van der Waals surface area contributed by atoms with Gasteiger partial charge in [-0.1, -0.05) is 12.1 Å². The minimum absolute atomic E-state index is 0.0432. The predicted octanol–water partition coefficient (Wildman–Crippen LogP) is 4.27. The number of amides is 1. The molecule has 1 aliphatic carbocycles. The number of ether oxygens (including phenoxy) is 2. The molecule has 3 aromatic rings. The molecule has 0 bridgehead atoms. The lowest BCUT2D eigenvalue weighted by atomic mass is 9.93. The number of rotatable bonds is 6. The van der Waals surface area contributed by atoms with Crippen LogP contribution in [0.4, 0.5) is 0 Å². The van der Waals surface area contributed by atoms with Crippen LogP contribution in [0, 0.1) is 0 Å². The van der Waals surface area contributed by atoms with Crippen molar-refractivity contribution in [2.45, 2.75) is 31.9 Å². The largest absolute Gasteiger partial charge is 0.493 e. The number of fused-ring (bicyclic) bond motifs is 1. The van der Waals surface area contributed by atoms with E-state index in [2.05, 4.69) is 5.32 Å². The van der Waals surface area contributed by atoms with E-state index < -0.39 is 0 Å². The number of aryl methyl sites for hydroxylation is 1. The summed E-state index contributed by atoms with van der Waals surface area (Å²) in [6.45, 7) is 0.211. The second kappa shape index (κ2) is 7.61. The molecule has 2 heterocycles. The van der Waals surface area contributed by atoms with Crippen molar-refractivity contribution in [1.82, 2.24) is 5.32 Å². The topological polar surface area (TPSA) is 73.8 Å². The number of carbonyl (C=O) groups excluding carboxylic acids is 1. The minimum atomic E-state index is -0.238. The Morgan fingerprint density at radius 3 is 2.89 bits per heavy atom. The Morgan fingerprint density at radius 2 is 2.04 bits per heavy atom. The first kappa shape index (κ1) is 17.3. The normalized spacial score (nSPS) is 15.8. The fraction of sp³-hybridized carbons (Fsp3) is 0.286. The first-order valence-electron chi connectivity index (χ1n) is 8.96. The van der Waals surface area contributed by atoms with Gasteiger partial charge in [0.2, 0.25) is 0 Å². The van der Waals surface area contributed by atoms with E-state index in [1.807, 2.05) is 30.3 Å². The first-order valence-corrected chi connectivity index (χ1v) is 8.96. The average Bonchev–Trinajstić information content (AvgIpc) is 3.36. The van der Waals surface area contributed by atoms with Crippen molar-refractivity contribution in [2.24, 2.45) is 0 Å². The zero-order chi connectivity index (χ0) is 18.6. The maximum Gasteiger partial charge on any atom is 0.287 e. The van der Waals surface area contributed by atoms with E-state index in [0.717, 1.165) is 30.6 Å². The number of nitrogens with one attached hydrogen (secondary N) is 1. The molecular formula is C21H21NO5. The molecule has 0 aliphatic heterocycles. The average molecular weight is 367 g/mol. The minimum Gasteiger partial charge on any atom is -0.493 e. The quantitative estimate of drug-likeness (QED) is 0.704. The monoisotopic (exact) mass is 367 g/mol. The number of benzene rings is 1. The van der Waals surface area contributed by atoms with Crippen molar-refractivity contribution in [3.63, 3.8) is 0 Å². The van der Waals surface area contributed by atoms with Crippen molar-refractivity contribution in [3.8, 4) is 11.5 Å². The summed E-state index contributed by atoms with van der Waals surface area (Å²) in [5.74, 6) is 2.82. The number of hydrogen-bond donors (Lipinski definition) is 1. The van der Waals surface area contributed by atoms with E-state index in [0.29, 0.717) is 17.3 Å². The SMILES string of the molecule is COc1ccccc1OCc1ccc(C(=O)NC2CCCc3occc32)o1. The summed E-state index contributed by atoms with van der Waals surface area (Å²) in [5, 5.41) is 3.03. The zero-order valence-electron chi connectivity index (χ0n) is 15.1. The van der Waals surface area contributed by atoms with Gasteiger partial charge in [-0.15, -0.1) is 0 Å². The summed E-state index contributed by atoms with van der Waals surface area (Å²) in [7, 11) is 1.59. The van der Waals surface area contributed by atoms with Crippen LogP contribution in [0.3, 0.4) is 0 Å². The maximum absolute atomic E-state index is 12.5. The molecule has 0 saturated heterocycles. The van der Waals surface area contributed by atoms with E-state index in [-0.39, 0.29) is 24.3 Å². The van der Waals surface area contributed by atoms with Crippen LogP contribution in [0.15, 0.2) is 57.6 Å². The molecule has 2 aromatic heterocycles. The number of furan rings is 2. The number of hydrogen-bond acceptors (Lipinski definition) is 5. The molecule has 27 heavy (non-hydrogen) atoms. The zero-order valence-corrected chi connectivity index (χ0v) is 15.1. The predicted molar refractivity (Wildman–Crippen MR) is 97.9 cm³/mol. The van der Waals surface area contributed by atoms with Crippen LogP contribution < -0.4 is 14.8 Å². The lowest BCUT2D eigenvalue weighted by Gasteiger charge is -2.22. The Balaban J connectivity index is 1.39. The van der Waals surface area contributed by atoms with Gasteiger partial charge >= 0.3 is 0 Å². The highest BCUT2D eigenvalue weighted by Gasteiger charge is 2.25. The molecule has 0 saturated carbocycles. The van der Waals surface area contributed by atoms with Crippen LogP contribution in [0.5, 0.6) is 11.5 Å². The first-order chi connectivity index (χ1) is 13.2. The smallest absolute Gasteiger partial charge is 0.287 e. The summed E-state index contributed by atoms with van der Waals surface area (Å²) >= 11 is 0. The molecule has 1 aliphatic rings. The summed E-state index contributed by atoms with van der Waals surface area (Å²) in [5.41, 5.74) is 1.06. The molecule has 140 valence electrons. The highest BCUT2D eigenvalue weighted by Crippen LogP contribution is 2.31. The van der Waals surface area contributed by atoms with Gasteiger partial charge in [0.15, 0.2) is 17.3 Å². The number of carbonyl (C=O) groups is 1. The number of methoxy groups -OCH3 is 1. The van der Waals surface area contributed by atoms with Crippen LogP contribution in [0.25, 0.3) is 0 Å². The summed E-state index contributed by atoms with van der Waals surface area (Å²) in [6, 6.07) is 12.7. The van der Waals surface area contributed by atoms with Crippen molar-refractivity contribution < 1.29 is 23.1 Å². The second-order valence-corrected chi connectivity index (χ2v) is 6.42. The van der Waals surface area contributed by atoms with Crippen LogP contribution in [0.2, 0.25) is 0 Å². The Morgan fingerprint density at radius 1 is 1.19 bits per heavy atom. The van der Waals surface area contributed by atoms with Crippen LogP contribution in [-0.2, 0) is 13.0 Å². The molecule has 6 nitrogen and oxygen atoms in total. The Kier molecular flexibility index (Phi) is 4.87. The van der Waals surface area contributed by atoms with Gasteiger partial charge in [-0.3, -0.25) is 4.79 Å². The van der Waals surface area contributed by atoms with Gasteiger partial charge in [-0.2, -0.15) is 0 Å². The van der Waals surface area contributed by atoms with E-state index in [1.54, 1.807) is 25.5 Å². The fourth-order valence-corrected chi connectivity index (χ4v) is 3.33. The summed E-state index contributed by atoms with van der Waals surface area (Å²) < 4.78 is 22.1. The Bertz CT molecular complexity index is 926.